The van der Waals surface area contributed by atoms with Crippen LogP contribution in [-0.4, -0.2) is 19.6 Å². The van der Waals surface area contributed by atoms with Crippen molar-refractivity contribution in [2.45, 2.75) is 0 Å². The summed E-state index contributed by atoms with van der Waals surface area (Å²) in [5.74, 6) is 0. The molecule has 0 aliphatic carbocycles. The quantitative estimate of drug-likeness (QED) is 0.528. The van der Waals surface area contributed by atoms with Gasteiger partial charge in [0.1, 0.15) is 6.33 Å². The van der Waals surface area contributed by atoms with Gasteiger partial charge in [-0.3, -0.25) is 4.98 Å². The fourth-order valence-electron chi connectivity index (χ4n) is 2.51. The van der Waals surface area contributed by atoms with Crippen molar-refractivity contribution in [2.75, 3.05) is 0 Å². The van der Waals surface area contributed by atoms with Gasteiger partial charge in [0.15, 0.2) is 5.65 Å². The molecule has 4 rings (SSSR count). The van der Waals surface area contributed by atoms with E-state index in [1.165, 1.54) is 6.33 Å². The van der Waals surface area contributed by atoms with Crippen LogP contribution >= 0.6 is 23.2 Å². The number of aromatic nitrogens is 4. The third-order valence-corrected chi connectivity index (χ3v) is 4.15. The van der Waals surface area contributed by atoms with Crippen LogP contribution in [0, 0.1) is 0 Å². The van der Waals surface area contributed by atoms with Gasteiger partial charge >= 0.3 is 0 Å². The lowest BCUT2D eigenvalue weighted by Gasteiger charge is -2.11. The molecule has 0 fully saturated rings. The first-order valence-corrected chi connectivity index (χ1v) is 7.68. The lowest BCUT2D eigenvalue weighted by molar-refractivity contribution is 0.962. The number of rotatable bonds is 2. The number of nitrogens with zero attached hydrogens (tertiary/aromatic N) is 4. The predicted molar refractivity (Wildman–Crippen MR) is 91.7 cm³/mol. The van der Waals surface area contributed by atoms with Crippen molar-refractivity contribution in [1.82, 2.24) is 19.6 Å². The van der Waals surface area contributed by atoms with Crippen LogP contribution in [0.3, 0.4) is 0 Å². The summed E-state index contributed by atoms with van der Waals surface area (Å²) >= 11 is 12.5. The SMILES string of the molecule is Clc1ccc(Cl)c(-c2ncccc2-c2ccn3ncnc3c2)c1. The van der Waals surface area contributed by atoms with E-state index in [-0.39, 0.29) is 0 Å². The van der Waals surface area contributed by atoms with Gasteiger partial charge < -0.3 is 0 Å². The minimum atomic E-state index is 0.609. The average molecular weight is 341 g/mol. The van der Waals surface area contributed by atoms with Crippen LogP contribution in [-0.2, 0) is 0 Å². The summed E-state index contributed by atoms with van der Waals surface area (Å²) in [4.78, 5) is 8.73. The minimum Gasteiger partial charge on any atom is -0.256 e. The molecular weight excluding hydrogens is 331 g/mol. The molecule has 0 radical (unpaired) electrons. The summed E-state index contributed by atoms with van der Waals surface area (Å²) in [6.07, 6.45) is 5.14. The van der Waals surface area contributed by atoms with E-state index in [9.17, 15) is 0 Å². The van der Waals surface area contributed by atoms with Crippen LogP contribution in [0.5, 0.6) is 0 Å². The van der Waals surface area contributed by atoms with Crippen molar-refractivity contribution in [3.8, 4) is 22.4 Å². The fourth-order valence-corrected chi connectivity index (χ4v) is 2.89. The zero-order chi connectivity index (χ0) is 15.8. The molecule has 0 spiro atoms. The second kappa shape index (κ2) is 5.65. The largest absolute Gasteiger partial charge is 0.256 e. The van der Waals surface area contributed by atoms with E-state index in [1.807, 2.05) is 36.5 Å². The molecule has 1 aromatic carbocycles. The maximum Gasteiger partial charge on any atom is 0.155 e. The van der Waals surface area contributed by atoms with E-state index in [0.29, 0.717) is 10.0 Å². The van der Waals surface area contributed by atoms with Crippen molar-refractivity contribution in [3.05, 3.63) is 71.2 Å². The van der Waals surface area contributed by atoms with Crippen molar-refractivity contribution >= 4 is 28.8 Å². The molecular formula is C17H10Cl2N4. The Morgan fingerprint density at radius 2 is 1.83 bits per heavy atom. The smallest absolute Gasteiger partial charge is 0.155 e. The summed E-state index contributed by atoms with van der Waals surface area (Å²) in [6.45, 7) is 0. The summed E-state index contributed by atoms with van der Waals surface area (Å²) in [7, 11) is 0. The van der Waals surface area contributed by atoms with Crippen molar-refractivity contribution < 1.29 is 0 Å². The van der Waals surface area contributed by atoms with Crippen LogP contribution in [0.15, 0.2) is 61.2 Å². The Kier molecular flexibility index (Phi) is 3.48. The van der Waals surface area contributed by atoms with Gasteiger partial charge in [0, 0.05) is 28.5 Å². The van der Waals surface area contributed by atoms with E-state index < -0.39 is 0 Å². The summed E-state index contributed by atoms with van der Waals surface area (Å²) in [6, 6.07) is 13.2. The molecule has 6 heteroatoms. The van der Waals surface area contributed by atoms with E-state index in [0.717, 1.165) is 28.0 Å². The number of hydrogen-bond acceptors (Lipinski definition) is 3. The number of pyridine rings is 2. The first-order chi connectivity index (χ1) is 11.2. The molecule has 0 atom stereocenters. The highest BCUT2D eigenvalue weighted by Gasteiger charge is 2.13. The molecule has 0 saturated carbocycles. The zero-order valence-electron chi connectivity index (χ0n) is 11.8. The third-order valence-electron chi connectivity index (χ3n) is 3.58. The van der Waals surface area contributed by atoms with Crippen LogP contribution in [0.2, 0.25) is 10.0 Å². The number of fused-ring (bicyclic) bond motifs is 1. The monoisotopic (exact) mass is 340 g/mol. The summed E-state index contributed by atoms with van der Waals surface area (Å²) in [5.41, 5.74) is 4.31. The molecule has 0 bridgehead atoms. The highest BCUT2D eigenvalue weighted by atomic mass is 35.5. The van der Waals surface area contributed by atoms with Gasteiger partial charge in [-0.1, -0.05) is 29.3 Å². The molecule has 4 nitrogen and oxygen atoms in total. The van der Waals surface area contributed by atoms with Gasteiger partial charge in [0.25, 0.3) is 0 Å². The standard InChI is InChI=1S/C17H10Cl2N4/c18-12-3-4-15(19)14(9-12)17-13(2-1-6-20-17)11-5-7-23-16(8-11)21-10-22-23/h1-10H. The molecule has 4 aromatic rings. The summed E-state index contributed by atoms with van der Waals surface area (Å²) in [5, 5.41) is 5.34. The maximum absolute atomic E-state index is 6.34. The molecule has 0 aliphatic rings. The zero-order valence-corrected chi connectivity index (χ0v) is 13.3. The number of halogens is 2. The molecule has 0 amide bonds. The van der Waals surface area contributed by atoms with Crippen molar-refractivity contribution in [3.63, 3.8) is 0 Å². The van der Waals surface area contributed by atoms with Gasteiger partial charge in [-0.05, 0) is 42.0 Å². The third kappa shape index (κ3) is 2.56. The van der Waals surface area contributed by atoms with Gasteiger partial charge in [0.05, 0.1) is 10.7 Å². The highest BCUT2D eigenvalue weighted by Crippen LogP contribution is 2.35. The normalized spacial score (nSPS) is 11.0. The van der Waals surface area contributed by atoms with Gasteiger partial charge in [-0.15, -0.1) is 0 Å². The van der Waals surface area contributed by atoms with E-state index in [2.05, 4.69) is 15.1 Å². The van der Waals surface area contributed by atoms with Crippen LogP contribution in [0.1, 0.15) is 0 Å². The van der Waals surface area contributed by atoms with Gasteiger partial charge in [-0.2, -0.15) is 5.10 Å². The molecule has 3 aromatic heterocycles. The van der Waals surface area contributed by atoms with Crippen molar-refractivity contribution in [2.24, 2.45) is 0 Å². The lowest BCUT2D eigenvalue weighted by atomic mass is 10.00. The fraction of sp³-hybridized carbons (Fsp3) is 0. The van der Waals surface area contributed by atoms with E-state index in [4.69, 9.17) is 23.2 Å². The molecule has 112 valence electrons. The van der Waals surface area contributed by atoms with Crippen molar-refractivity contribution in [1.29, 1.82) is 0 Å². The predicted octanol–water partition coefficient (Wildman–Crippen LogP) is 4.77. The lowest BCUT2D eigenvalue weighted by Crippen LogP contribution is -1.92. The Morgan fingerprint density at radius 3 is 2.74 bits per heavy atom. The molecule has 0 N–H and O–H groups in total. The topological polar surface area (TPSA) is 43.1 Å². The second-order valence-corrected chi connectivity index (χ2v) is 5.85. The van der Waals surface area contributed by atoms with Gasteiger partial charge in [0.2, 0.25) is 0 Å². The number of hydrogen-bond donors (Lipinski definition) is 0. The minimum absolute atomic E-state index is 0.609. The molecule has 3 heterocycles. The maximum atomic E-state index is 6.34. The Morgan fingerprint density at radius 1 is 0.913 bits per heavy atom. The Labute approximate surface area is 142 Å². The highest BCUT2D eigenvalue weighted by molar-refractivity contribution is 6.35. The Bertz CT molecular complexity index is 1010. The molecule has 0 saturated heterocycles. The van der Waals surface area contributed by atoms with Crippen LogP contribution in [0.25, 0.3) is 28.0 Å². The first-order valence-electron chi connectivity index (χ1n) is 6.92. The Hall–Kier alpha value is -2.43. The molecule has 23 heavy (non-hydrogen) atoms. The molecule has 0 unspecified atom stereocenters. The average Bonchev–Trinajstić information content (AvgIpc) is 3.05. The van der Waals surface area contributed by atoms with Gasteiger partial charge in [-0.25, -0.2) is 9.50 Å². The Balaban J connectivity index is 1.94. The second-order valence-electron chi connectivity index (χ2n) is 5.00. The van der Waals surface area contributed by atoms with E-state index in [1.54, 1.807) is 22.8 Å². The summed E-state index contributed by atoms with van der Waals surface area (Å²) < 4.78 is 1.71. The molecule has 0 aliphatic heterocycles. The van der Waals surface area contributed by atoms with Crippen LogP contribution in [0.4, 0.5) is 0 Å². The van der Waals surface area contributed by atoms with E-state index >= 15 is 0 Å². The number of benzene rings is 1. The van der Waals surface area contributed by atoms with Crippen LogP contribution < -0.4 is 0 Å². The first kappa shape index (κ1) is 14.2.